The van der Waals surface area contributed by atoms with Crippen LogP contribution in [0.25, 0.3) is 0 Å². The summed E-state index contributed by atoms with van der Waals surface area (Å²) < 4.78 is 51.1. The van der Waals surface area contributed by atoms with Gasteiger partial charge in [0.25, 0.3) is 5.91 Å². The Morgan fingerprint density at radius 1 is 1.10 bits per heavy atom. The molecule has 8 nitrogen and oxygen atoms in total. The Hall–Kier alpha value is -3.76. The number of benzene rings is 2. The van der Waals surface area contributed by atoms with Crippen molar-refractivity contribution in [3.05, 3.63) is 53.3 Å². The van der Waals surface area contributed by atoms with E-state index in [1.54, 1.807) is 18.2 Å². The van der Waals surface area contributed by atoms with E-state index >= 15 is 0 Å². The molecular formula is C20H16F3N3O5. The second kappa shape index (κ2) is 7.49. The zero-order chi connectivity index (χ0) is 22.3. The molecule has 0 radical (unpaired) electrons. The van der Waals surface area contributed by atoms with Gasteiger partial charge in [0.15, 0.2) is 29.0 Å². The number of amides is 4. The molecule has 4 amide bonds. The number of ether oxygens (including phenoxy) is 2. The minimum atomic E-state index is -1.75. The number of imide groups is 1. The summed E-state index contributed by atoms with van der Waals surface area (Å²) >= 11 is 0. The molecule has 31 heavy (non-hydrogen) atoms. The first-order valence-corrected chi connectivity index (χ1v) is 9.18. The maximum atomic E-state index is 13.8. The van der Waals surface area contributed by atoms with Gasteiger partial charge in [0, 0.05) is 0 Å². The summed E-state index contributed by atoms with van der Waals surface area (Å²) in [6.45, 7) is 1.43. The van der Waals surface area contributed by atoms with Crippen LogP contribution >= 0.6 is 0 Å². The Kier molecular flexibility index (Phi) is 4.96. The van der Waals surface area contributed by atoms with Gasteiger partial charge >= 0.3 is 6.03 Å². The molecule has 1 saturated heterocycles. The van der Waals surface area contributed by atoms with E-state index < -0.39 is 53.1 Å². The molecular weight excluding hydrogens is 419 g/mol. The topological polar surface area (TPSA) is 97.0 Å². The standard InChI is InChI=1S/C20H16F3N3O5/c1-20(10-2-5-13-14(8-10)31-7-6-30-13)18(28)26(19(29)25-20)9-15(27)24-12-4-3-11(21)16(22)17(12)23/h2-5,8H,6-7,9H2,1H3,(H,24,27)(H,25,29). The van der Waals surface area contributed by atoms with Crippen LogP contribution in [0, 0.1) is 17.5 Å². The monoisotopic (exact) mass is 435 g/mol. The third-order valence-corrected chi connectivity index (χ3v) is 5.01. The van der Waals surface area contributed by atoms with Gasteiger partial charge in [0.1, 0.15) is 25.3 Å². The van der Waals surface area contributed by atoms with Gasteiger partial charge in [-0.2, -0.15) is 0 Å². The van der Waals surface area contributed by atoms with E-state index in [0.717, 1.165) is 6.07 Å². The number of rotatable bonds is 4. The predicted molar refractivity (Wildman–Crippen MR) is 100.0 cm³/mol. The predicted octanol–water partition coefficient (Wildman–Crippen LogP) is 2.28. The zero-order valence-electron chi connectivity index (χ0n) is 16.1. The molecule has 1 fully saturated rings. The van der Waals surface area contributed by atoms with Gasteiger partial charge < -0.3 is 20.1 Å². The molecule has 0 aliphatic carbocycles. The van der Waals surface area contributed by atoms with E-state index in [2.05, 4.69) is 5.32 Å². The number of carbonyl (C=O) groups excluding carboxylic acids is 3. The number of nitrogens with zero attached hydrogens (tertiary/aromatic N) is 1. The number of halogens is 3. The highest BCUT2D eigenvalue weighted by Crippen LogP contribution is 2.36. The van der Waals surface area contributed by atoms with Gasteiger partial charge in [-0.15, -0.1) is 0 Å². The molecule has 11 heteroatoms. The van der Waals surface area contributed by atoms with E-state index in [1.807, 2.05) is 5.32 Å². The van der Waals surface area contributed by atoms with Gasteiger partial charge in [-0.1, -0.05) is 6.07 Å². The van der Waals surface area contributed by atoms with Crippen LogP contribution in [0.1, 0.15) is 12.5 Å². The fraction of sp³-hybridized carbons (Fsp3) is 0.250. The summed E-state index contributed by atoms with van der Waals surface area (Å²) in [5.41, 5.74) is -1.70. The molecule has 4 rings (SSSR count). The van der Waals surface area contributed by atoms with E-state index in [1.165, 1.54) is 6.92 Å². The molecule has 2 aliphatic heterocycles. The molecule has 0 saturated carbocycles. The zero-order valence-corrected chi connectivity index (χ0v) is 16.1. The van der Waals surface area contributed by atoms with Crippen molar-refractivity contribution >= 4 is 23.5 Å². The van der Waals surface area contributed by atoms with Gasteiger partial charge in [-0.05, 0) is 36.8 Å². The van der Waals surface area contributed by atoms with Crippen LogP contribution in [-0.4, -0.2) is 42.5 Å². The summed E-state index contributed by atoms with van der Waals surface area (Å²) in [4.78, 5) is 38.2. The quantitative estimate of drug-likeness (QED) is 0.568. The van der Waals surface area contributed by atoms with Crippen LogP contribution in [0.4, 0.5) is 23.7 Å². The molecule has 1 atom stereocenters. The van der Waals surface area contributed by atoms with Crippen LogP contribution < -0.4 is 20.1 Å². The van der Waals surface area contributed by atoms with Crippen molar-refractivity contribution in [1.29, 1.82) is 0 Å². The average molecular weight is 435 g/mol. The fourth-order valence-electron chi connectivity index (χ4n) is 3.35. The van der Waals surface area contributed by atoms with E-state index in [-0.39, 0.29) is 0 Å². The molecule has 0 aromatic heterocycles. The first kappa shape index (κ1) is 20.5. The van der Waals surface area contributed by atoms with Crippen molar-refractivity contribution in [3.8, 4) is 11.5 Å². The lowest BCUT2D eigenvalue weighted by molar-refractivity contribution is -0.133. The molecule has 0 spiro atoms. The second-order valence-corrected chi connectivity index (χ2v) is 7.08. The van der Waals surface area contributed by atoms with Crippen LogP contribution in [0.2, 0.25) is 0 Å². The highest BCUT2D eigenvalue weighted by molar-refractivity contribution is 6.10. The van der Waals surface area contributed by atoms with Crippen molar-refractivity contribution in [1.82, 2.24) is 10.2 Å². The Morgan fingerprint density at radius 3 is 2.55 bits per heavy atom. The highest BCUT2D eigenvalue weighted by atomic mass is 19.2. The number of anilines is 1. The average Bonchev–Trinajstić information content (AvgIpc) is 2.97. The lowest BCUT2D eigenvalue weighted by Crippen LogP contribution is -2.42. The van der Waals surface area contributed by atoms with Gasteiger partial charge in [-0.3, -0.25) is 14.5 Å². The van der Waals surface area contributed by atoms with Gasteiger partial charge in [0.05, 0.1) is 5.69 Å². The number of nitrogens with one attached hydrogen (secondary N) is 2. The lowest BCUT2D eigenvalue weighted by atomic mass is 9.91. The Bertz CT molecular complexity index is 1110. The minimum absolute atomic E-state index is 0.334. The molecule has 2 aromatic rings. The number of carbonyl (C=O) groups is 3. The molecule has 1 unspecified atom stereocenters. The molecule has 0 bridgehead atoms. The smallest absolute Gasteiger partial charge is 0.325 e. The Morgan fingerprint density at radius 2 is 1.81 bits per heavy atom. The number of urea groups is 1. The number of fused-ring (bicyclic) bond motifs is 1. The van der Waals surface area contributed by atoms with Crippen LogP contribution in [-0.2, 0) is 15.1 Å². The maximum absolute atomic E-state index is 13.8. The van der Waals surface area contributed by atoms with Crippen molar-refractivity contribution in [2.24, 2.45) is 0 Å². The first-order chi connectivity index (χ1) is 14.7. The normalized spacial score (nSPS) is 19.9. The van der Waals surface area contributed by atoms with E-state index in [0.29, 0.717) is 41.2 Å². The van der Waals surface area contributed by atoms with Crippen molar-refractivity contribution in [2.45, 2.75) is 12.5 Å². The molecule has 2 heterocycles. The maximum Gasteiger partial charge on any atom is 0.325 e. The SMILES string of the molecule is CC1(c2ccc3c(c2)OCCO3)NC(=O)N(CC(=O)Nc2ccc(F)c(F)c2F)C1=O. The minimum Gasteiger partial charge on any atom is -0.486 e. The fourth-order valence-corrected chi connectivity index (χ4v) is 3.35. The van der Waals surface area contributed by atoms with Crippen molar-refractivity contribution in [2.75, 3.05) is 25.1 Å². The largest absolute Gasteiger partial charge is 0.486 e. The van der Waals surface area contributed by atoms with Crippen LogP contribution in [0.3, 0.4) is 0 Å². The van der Waals surface area contributed by atoms with Crippen LogP contribution in [0.5, 0.6) is 11.5 Å². The number of hydrogen-bond acceptors (Lipinski definition) is 5. The summed E-state index contributed by atoms with van der Waals surface area (Å²) in [5.74, 6) is -5.54. The Balaban J connectivity index is 1.52. The molecule has 2 aromatic carbocycles. The summed E-state index contributed by atoms with van der Waals surface area (Å²) in [5, 5.41) is 4.55. The first-order valence-electron chi connectivity index (χ1n) is 9.18. The summed E-state index contributed by atoms with van der Waals surface area (Å²) in [7, 11) is 0. The molecule has 162 valence electrons. The molecule has 2 aliphatic rings. The lowest BCUT2D eigenvalue weighted by Gasteiger charge is -2.25. The van der Waals surface area contributed by atoms with E-state index in [9.17, 15) is 27.6 Å². The summed E-state index contributed by atoms with van der Waals surface area (Å²) in [6, 6.07) is 5.38. The van der Waals surface area contributed by atoms with Gasteiger partial charge in [0.2, 0.25) is 5.91 Å². The third kappa shape index (κ3) is 3.51. The second-order valence-electron chi connectivity index (χ2n) is 7.08. The number of hydrogen-bond donors (Lipinski definition) is 2. The highest BCUT2D eigenvalue weighted by Gasteiger charge is 2.49. The van der Waals surface area contributed by atoms with E-state index in [4.69, 9.17) is 9.47 Å². The van der Waals surface area contributed by atoms with Crippen molar-refractivity contribution in [3.63, 3.8) is 0 Å². The summed E-state index contributed by atoms with van der Waals surface area (Å²) in [6.07, 6.45) is 0. The Labute approximate surface area is 173 Å². The van der Waals surface area contributed by atoms with Crippen LogP contribution in [0.15, 0.2) is 30.3 Å². The third-order valence-electron chi connectivity index (χ3n) is 5.01. The molecule has 2 N–H and O–H groups in total. The van der Waals surface area contributed by atoms with Gasteiger partial charge in [-0.25, -0.2) is 18.0 Å². The van der Waals surface area contributed by atoms with Crippen molar-refractivity contribution < 1.29 is 37.0 Å².